The van der Waals surface area contributed by atoms with Crippen molar-refractivity contribution in [3.63, 3.8) is 0 Å². The average molecular weight is 268 g/mol. The minimum atomic E-state index is -0.0837. The number of aryl methyl sites for hydroxylation is 1. The Morgan fingerprint density at radius 1 is 1.25 bits per heavy atom. The summed E-state index contributed by atoms with van der Waals surface area (Å²) in [5.74, 6) is 0.668. The second kappa shape index (κ2) is 4.59. The van der Waals surface area contributed by atoms with Crippen molar-refractivity contribution < 1.29 is 0 Å². The van der Waals surface area contributed by atoms with Crippen molar-refractivity contribution in [1.82, 2.24) is 19.4 Å². The molecule has 1 N–H and O–H groups in total. The molecule has 0 bridgehead atoms. The highest BCUT2D eigenvalue weighted by molar-refractivity contribution is 5.55. The van der Waals surface area contributed by atoms with Crippen molar-refractivity contribution in [3.05, 3.63) is 52.2 Å². The van der Waals surface area contributed by atoms with Crippen LogP contribution in [0.1, 0.15) is 31.0 Å². The number of fused-ring (bicyclic) bond motifs is 1. The van der Waals surface area contributed by atoms with Gasteiger partial charge in [-0.25, -0.2) is 9.97 Å². The van der Waals surface area contributed by atoms with Gasteiger partial charge in [-0.05, 0) is 25.0 Å². The van der Waals surface area contributed by atoms with Crippen LogP contribution in [0.25, 0.3) is 17.2 Å². The van der Waals surface area contributed by atoms with E-state index in [2.05, 4.69) is 15.0 Å². The van der Waals surface area contributed by atoms with Crippen molar-refractivity contribution in [2.45, 2.75) is 26.7 Å². The number of aromatic amines is 1. The summed E-state index contributed by atoms with van der Waals surface area (Å²) in [5.41, 5.74) is 2.91. The fourth-order valence-corrected chi connectivity index (χ4v) is 2.45. The van der Waals surface area contributed by atoms with Gasteiger partial charge >= 0.3 is 0 Å². The number of nitrogens with zero attached hydrogens (tertiary/aromatic N) is 3. The molecule has 0 atom stereocenters. The van der Waals surface area contributed by atoms with Gasteiger partial charge in [-0.3, -0.25) is 4.79 Å². The molecule has 3 aromatic heterocycles. The molecule has 3 heterocycles. The van der Waals surface area contributed by atoms with Gasteiger partial charge in [0, 0.05) is 23.7 Å². The number of rotatable bonds is 2. The molecule has 0 unspecified atom stereocenters. The van der Waals surface area contributed by atoms with Gasteiger partial charge in [0.2, 0.25) is 0 Å². The molecule has 5 nitrogen and oxygen atoms in total. The summed E-state index contributed by atoms with van der Waals surface area (Å²) < 4.78 is 1.90. The maximum atomic E-state index is 12.2. The van der Waals surface area contributed by atoms with E-state index in [0.717, 1.165) is 16.9 Å². The van der Waals surface area contributed by atoms with E-state index in [1.165, 1.54) is 0 Å². The lowest BCUT2D eigenvalue weighted by Gasteiger charge is -2.08. The quantitative estimate of drug-likeness (QED) is 0.776. The summed E-state index contributed by atoms with van der Waals surface area (Å²) in [5, 5.41) is 0. The zero-order valence-electron chi connectivity index (χ0n) is 11.7. The summed E-state index contributed by atoms with van der Waals surface area (Å²) in [7, 11) is 0. The van der Waals surface area contributed by atoms with Crippen LogP contribution in [0.3, 0.4) is 0 Å². The van der Waals surface area contributed by atoms with Gasteiger partial charge in [0.1, 0.15) is 11.3 Å². The zero-order chi connectivity index (χ0) is 14.3. The van der Waals surface area contributed by atoms with Crippen molar-refractivity contribution in [1.29, 1.82) is 0 Å². The second-order valence-corrected chi connectivity index (χ2v) is 5.16. The third-order valence-corrected chi connectivity index (χ3v) is 3.33. The van der Waals surface area contributed by atoms with Crippen LogP contribution in [0.5, 0.6) is 0 Å². The Kier molecular flexibility index (Phi) is 2.89. The predicted octanol–water partition coefficient (Wildman–Crippen LogP) is 2.52. The molecule has 0 radical (unpaired) electrons. The van der Waals surface area contributed by atoms with Crippen molar-refractivity contribution in [2.75, 3.05) is 0 Å². The molecule has 102 valence electrons. The first-order chi connectivity index (χ1) is 9.56. The molecule has 0 fully saturated rings. The van der Waals surface area contributed by atoms with Crippen molar-refractivity contribution in [3.8, 4) is 11.5 Å². The Hall–Kier alpha value is -2.43. The van der Waals surface area contributed by atoms with E-state index in [0.29, 0.717) is 11.5 Å². The van der Waals surface area contributed by atoms with E-state index in [1.807, 2.05) is 55.8 Å². The van der Waals surface area contributed by atoms with Crippen LogP contribution >= 0.6 is 0 Å². The van der Waals surface area contributed by atoms with E-state index < -0.39 is 0 Å². The first kappa shape index (κ1) is 12.6. The molecule has 5 heteroatoms. The topological polar surface area (TPSA) is 63.1 Å². The number of hydrogen-bond acceptors (Lipinski definition) is 3. The van der Waals surface area contributed by atoms with Gasteiger partial charge in [0.15, 0.2) is 5.82 Å². The highest BCUT2D eigenvalue weighted by atomic mass is 16.1. The summed E-state index contributed by atoms with van der Waals surface area (Å²) >= 11 is 0. The molecule has 0 amide bonds. The average Bonchev–Trinajstić information content (AvgIpc) is 2.81. The molecule has 0 spiro atoms. The summed E-state index contributed by atoms with van der Waals surface area (Å²) in [6, 6.07) is 5.77. The summed E-state index contributed by atoms with van der Waals surface area (Å²) in [6.07, 6.45) is 3.78. The van der Waals surface area contributed by atoms with Crippen LogP contribution in [0.15, 0.2) is 35.4 Å². The third kappa shape index (κ3) is 2.01. The molecule has 20 heavy (non-hydrogen) atoms. The van der Waals surface area contributed by atoms with Crippen LogP contribution in [-0.4, -0.2) is 19.4 Å². The van der Waals surface area contributed by atoms with Gasteiger partial charge in [-0.15, -0.1) is 0 Å². The number of nitrogens with one attached hydrogen (secondary N) is 1. The molecule has 0 aliphatic rings. The van der Waals surface area contributed by atoms with E-state index in [9.17, 15) is 4.79 Å². The van der Waals surface area contributed by atoms with Crippen LogP contribution in [0.4, 0.5) is 0 Å². The Morgan fingerprint density at radius 3 is 2.70 bits per heavy atom. The number of aromatic nitrogens is 4. The maximum Gasteiger partial charge on any atom is 0.254 e. The van der Waals surface area contributed by atoms with Gasteiger partial charge in [-0.2, -0.15) is 0 Å². The molecule has 3 rings (SSSR count). The van der Waals surface area contributed by atoms with E-state index >= 15 is 0 Å². The second-order valence-electron chi connectivity index (χ2n) is 5.16. The minimum absolute atomic E-state index is 0.0837. The smallest absolute Gasteiger partial charge is 0.254 e. The monoisotopic (exact) mass is 268 g/mol. The van der Waals surface area contributed by atoms with Gasteiger partial charge < -0.3 is 9.38 Å². The number of hydrogen-bond donors (Lipinski definition) is 1. The van der Waals surface area contributed by atoms with E-state index in [1.54, 1.807) is 0 Å². The molecule has 0 saturated carbocycles. The fraction of sp³-hybridized carbons (Fsp3) is 0.267. The third-order valence-electron chi connectivity index (χ3n) is 3.33. The Bertz CT molecular complexity index is 796. The fourth-order valence-electron chi connectivity index (χ4n) is 2.45. The van der Waals surface area contributed by atoms with Gasteiger partial charge in [-0.1, -0.05) is 19.9 Å². The zero-order valence-corrected chi connectivity index (χ0v) is 11.7. The Balaban J connectivity index is 2.17. The standard InChI is InChI=1S/C15H16N4O/c1-9(2)13-10(3)16-14(18-15(13)20)11-8-19-7-5-4-6-12(19)17-11/h4-9H,1-3H3,(H,16,18,20). The molecule has 0 saturated heterocycles. The molecule has 3 aromatic rings. The highest BCUT2D eigenvalue weighted by Crippen LogP contribution is 2.17. The number of imidazole rings is 1. The molecule has 0 aliphatic carbocycles. The Labute approximate surface area is 116 Å². The maximum absolute atomic E-state index is 12.2. The lowest BCUT2D eigenvalue weighted by molar-refractivity contribution is 0.814. The first-order valence-corrected chi connectivity index (χ1v) is 6.61. The summed E-state index contributed by atoms with van der Waals surface area (Å²) in [4.78, 5) is 24.0. The van der Waals surface area contributed by atoms with Crippen molar-refractivity contribution in [2.24, 2.45) is 0 Å². The van der Waals surface area contributed by atoms with Crippen LogP contribution in [0.2, 0.25) is 0 Å². The minimum Gasteiger partial charge on any atom is -0.306 e. The lowest BCUT2D eigenvalue weighted by atomic mass is 10.0. The predicted molar refractivity (Wildman–Crippen MR) is 77.9 cm³/mol. The van der Waals surface area contributed by atoms with Crippen LogP contribution in [-0.2, 0) is 0 Å². The lowest BCUT2D eigenvalue weighted by Crippen LogP contribution is -2.18. The van der Waals surface area contributed by atoms with E-state index in [4.69, 9.17) is 0 Å². The van der Waals surface area contributed by atoms with Crippen LogP contribution < -0.4 is 5.56 Å². The number of H-pyrrole nitrogens is 1. The molecule has 0 aromatic carbocycles. The molecular formula is C15H16N4O. The normalized spacial score (nSPS) is 11.4. The largest absolute Gasteiger partial charge is 0.306 e. The molecule has 0 aliphatic heterocycles. The van der Waals surface area contributed by atoms with Crippen LogP contribution in [0, 0.1) is 6.92 Å². The van der Waals surface area contributed by atoms with E-state index in [-0.39, 0.29) is 11.5 Å². The van der Waals surface area contributed by atoms with Gasteiger partial charge in [0.25, 0.3) is 5.56 Å². The first-order valence-electron chi connectivity index (χ1n) is 6.61. The van der Waals surface area contributed by atoms with Crippen molar-refractivity contribution >= 4 is 5.65 Å². The SMILES string of the molecule is Cc1nc(-c2cn3ccccc3n2)[nH]c(=O)c1C(C)C. The Morgan fingerprint density at radius 2 is 2.05 bits per heavy atom. The highest BCUT2D eigenvalue weighted by Gasteiger charge is 2.14. The molecular weight excluding hydrogens is 252 g/mol. The number of pyridine rings is 1. The summed E-state index contributed by atoms with van der Waals surface area (Å²) in [6.45, 7) is 5.84. The van der Waals surface area contributed by atoms with Gasteiger partial charge in [0.05, 0.1) is 0 Å².